The number of hydrogen-bond donors (Lipinski definition) is 2. The third-order valence-electron chi connectivity index (χ3n) is 5.91. The molecule has 0 unspecified atom stereocenters. The number of ether oxygens (including phenoxy) is 1. The summed E-state index contributed by atoms with van der Waals surface area (Å²) in [5, 5.41) is 6.83. The number of fused-ring (bicyclic) bond motifs is 1. The molecular weight excluding hydrogens is 485 g/mol. The molecular formula is C28H30FN7O2. The Balaban J connectivity index is 1.71. The number of benzene rings is 2. The van der Waals surface area contributed by atoms with Crippen LogP contribution in [-0.4, -0.2) is 67.1 Å². The van der Waals surface area contributed by atoms with Crippen LogP contribution in [0.15, 0.2) is 67.5 Å². The quantitative estimate of drug-likeness (QED) is 0.293. The van der Waals surface area contributed by atoms with Gasteiger partial charge < -0.3 is 25.2 Å². The molecule has 0 atom stereocenters. The predicted octanol–water partition coefficient (Wildman–Crippen LogP) is 4.71. The van der Waals surface area contributed by atoms with E-state index in [9.17, 15) is 9.18 Å². The topological polar surface area (TPSA) is 95.5 Å². The van der Waals surface area contributed by atoms with Gasteiger partial charge in [-0.05, 0) is 38.4 Å². The number of likely N-dealkylation sites (N-methyl/N-ethyl adjacent to an activating group) is 2. The molecule has 0 saturated carbocycles. The Labute approximate surface area is 221 Å². The van der Waals surface area contributed by atoms with Crippen molar-refractivity contribution < 1.29 is 13.9 Å². The normalized spacial score (nSPS) is 10.9. The molecule has 0 aliphatic carbocycles. The summed E-state index contributed by atoms with van der Waals surface area (Å²) >= 11 is 0. The molecule has 2 heterocycles. The number of carbonyl (C=O) groups is 1. The zero-order valence-corrected chi connectivity index (χ0v) is 21.8. The zero-order chi connectivity index (χ0) is 27.2. The maximum Gasteiger partial charge on any atom is 0.247 e. The SMILES string of the molecule is C=CC(=O)Nc1cc(Nc2ncc(F)c(-c3cnc4ccccc4c3)n2)c(OC)cc1N(C)CCN(C)C. The molecule has 2 N–H and O–H groups in total. The van der Waals surface area contributed by atoms with Crippen LogP contribution in [0.1, 0.15) is 0 Å². The molecule has 4 rings (SSSR count). The number of hydrogen-bond acceptors (Lipinski definition) is 8. The van der Waals surface area contributed by atoms with E-state index in [2.05, 4.69) is 37.1 Å². The lowest BCUT2D eigenvalue weighted by molar-refractivity contribution is -0.111. The van der Waals surface area contributed by atoms with Crippen LogP contribution in [-0.2, 0) is 4.79 Å². The fourth-order valence-electron chi connectivity index (χ4n) is 3.86. The highest BCUT2D eigenvalue weighted by atomic mass is 19.1. The van der Waals surface area contributed by atoms with Crippen LogP contribution in [0.2, 0.25) is 0 Å². The second kappa shape index (κ2) is 11.7. The van der Waals surface area contributed by atoms with Crippen LogP contribution < -0.4 is 20.3 Å². The highest BCUT2D eigenvalue weighted by molar-refractivity contribution is 6.02. The maximum atomic E-state index is 14.8. The molecule has 10 heteroatoms. The van der Waals surface area contributed by atoms with E-state index in [1.54, 1.807) is 19.4 Å². The molecule has 0 radical (unpaired) electrons. The standard InChI is InChI=1S/C28H30FN7O2/c1-6-26(37)32-22-14-23(25(38-5)15-24(22)36(4)12-11-35(2)3)33-28-31-17-20(29)27(34-28)19-13-18-9-7-8-10-21(18)30-16-19/h6-10,13-17H,1,11-12H2,2-5H3,(H,32,37)(H,31,33,34). The van der Waals surface area contributed by atoms with E-state index in [0.29, 0.717) is 29.2 Å². The molecule has 0 saturated heterocycles. The maximum absolute atomic E-state index is 14.8. The van der Waals surface area contributed by atoms with Gasteiger partial charge in [-0.15, -0.1) is 0 Å². The third kappa shape index (κ3) is 6.04. The minimum atomic E-state index is -0.573. The summed E-state index contributed by atoms with van der Waals surface area (Å²) in [4.78, 5) is 29.2. The van der Waals surface area contributed by atoms with Crippen molar-refractivity contribution >= 4 is 39.8 Å². The van der Waals surface area contributed by atoms with Crippen LogP contribution in [0, 0.1) is 5.82 Å². The number of para-hydroxylation sites is 1. The monoisotopic (exact) mass is 515 g/mol. The van der Waals surface area contributed by atoms with E-state index in [1.807, 2.05) is 62.4 Å². The minimum Gasteiger partial charge on any atom is -0.494 e. The summed E-state index contributed by atoms with van der Waals surface area (Å²) in [6.07, 6.45) is 3.89. The number of nitrogens with one attached hydrogen (secondary N) is 2. The first-order chi connectivity index (χ1) is 18.3. The number of carbonyl (C=O) groups excluding carboxylic acids is 1. The first kappa shape index (κ1) is 26.5. The fraction of sp³-hybridized carbons (Fsp3) is 0.214. The number of aromatic nitrogens is 3. The average molecular weight is 516 g/mol. The largest absolute Gasteiger partial charge is 0.494 e. The minimum absolute atomic E-state index is 0.111. The van der Waals surface area contributed by atoms with Crippen LogP contribution in [0.25, 0.3) is 22.2 Å². The summed E-state index contributed by atoms with van der Waals surface area (Å²) in [7, 11) is 7.46. The molecule has 0 spiro atoms. The van der Waals surface area contributed by atoms with Crippen LogP contribution in [0.5, 0.6) is 5.75 Å². The summed E-state index contributed by atoms with van der Waals surface area (Å²) in [5.74, 6) is -0.276. The molecule has 0 aliphatic heterocycles. The van der Waals surface area contributed by atoms with Gasteiger partial charge in [0.05, 0.1) is 35.9 Å². The van der Waals surface area contributed by atoms with Gasteiger partial charge in [0.2, 0.25) is 11.9 Å². The van der Waals surface area contributed by atoms with Crippen molar-refractivity contribution in [2.24, 2.45) is 0 Å². The molecule has 2 aromatic carbocycles. The van der Waals surface area contributed by atoms with Crippen molar-refractivity contribution in [3.05, 3.63) is 73.3 Å². The second-order valence-electron chi connectivity index (χ2n) is 8.92. The van der Waals surface area contributed by atoms with Gasteiger partial charge >= 0.3 is 0 Å². The highest BCUT2D eigenvalue weighted by Gasteiger charge is 2.18. The number of anilines is 4. The van der Waals surface area contributed by atoms with Gasteiger partial charge in [-0.2, -0.15) is 0 Å². The van der Waals surface area contributed by atoms with Crippen LogP contribution in [0.3, 0.4) is 0 Å². The van der Waals surface area contributed by atoms with E-state index < -0.39 is 5.82 Å². The van der Waals surface area contributed by atoms with Crippen molar-refractivity contribution in [3.8, 4) is 17.0 Å². The molecule has 4 aromatic rings. The lowest BCUT2D eigenvalue weighted by atomic mass is 10.1. The number of rotatable bonds is 10. The number of methoxy groups -OCH3 is 1. The van der Waals surface area contributed by atoms with Crippen molar-refractivity contribution in [2.75, 3.05) is 56.9 Å². The van der Waals surface area contributed by atoms with E-state index in [1.165, 1.54) is 6.08 Å². The second-order valence-corrected chi connectivity index (χ2v) is 8.92. The first-order valence-electron chi connectivity index (χ1n) is 11.9. The Hall–Kier alpha value is -4.57. The van der Waals surface area contributed by atoms with E-state index in [4.69, 9.17) is 4.74 Å². The molecule has 38 heavy (non-hydrogen) atoms. The molecule has 0 fully saturated rings. The summed E-state index contributed by atoms with van der Waals surface area (Å²) in [6, 6.07) is 13.0. The Kier molecular flexibility index (Phi) is 8.12. The van der Waals surface area contributed by atoms with Crippen LogP contribution >= 0.6 is 0 Å². The number of amides is 1. The van der Waals surface area contributed by atoms with E-state index >= 15 is 0 Å². The van der Waals surface area contributed by atoms with Crippen molar-refractivity contribution in [1.82, 2.24) is 19.9 Å². The third-order valence-corrected chi connectivity index (χ3v) is 5.91. The summed E-state index contributed by atoms with van der Waals surface area (Å²) in [5.41, 5.74) is 3.23. The van der Waals surface area contributed by atoms with E-state index in [-0.39, 0.29) is 17.5 Å². The van der Waals surface area contributed by atoms with Gasteiger partial charge in [-0.1, -0.05) is 24.8 Å². The number of nitrogens with zero attached hydrogens (tertiary/aromatic N) is 5. The predicted molar refractivity (Wildman–Crippen MR) is 150 cm³/mol. The Morgan fingerprint density at radius 1 is 1.08 bits per heavy atom. The van der Waals surface area contributed by atoms with Gasteiger partial charge in [0, 0.05) is 43.4 Å². The molecule has 196 valence electrons. The fourth-order valence-corrected chi connectivity index (χ4v) is 3.86. The van der Waals surface area contributed by atoms with Crippen molar-refractivity contribution in [2.45, 2.75) is 0 Å². The van der Waals surface area contributed by atoms with Gasteiger partial charge in [-0.25, -0.2) is 14.4 Å². The lowest BCUT2D eigenvalue weighted by Gasteiger charge is -2.26. The number of halogens is 1. The lowest BCUT2D eigenvalue weighted by Crippen LogP contribution is -2.29. The first-order valence-corrected chi connectivity index (χ1v) is 11.9. The molecule has 2 aromatic heterocycles. The smallest absolute Gasteiger partial charge is 0.247 e. The summed E-state index contributed by atoms with van der Waals surface area (Å²) < 4.78 is 20.4. The zero-order valence-electron chi connectivity index (χ0n) is 21.8. The van der Waals surface area contributed by atoms with Crippen molar-refractivity contribution in [3.63, 3.8) is 0 Å². The Bertz CT molecular complexity index is 1480. The average Bonchev–Trinajstić information content (AvgIpc) is 2.92. The molecule has 1 amide bonds. The van der Waals surface area contributed by atoms with Crippen LogP contribution in [0.4, 0.5) is 27.4 Å². The van der Waals surface area contributed by atoms with Crippen molar-refractivity contribution in [1.29, 1.82) is 0 Å². The van der Waals surface area contributed by atoms with Gasteiger partial charge in [0.25, 0.3) is 0 Å². The van der Waals surface area contributed by atoms with Gasteiger partial charge in [0.1, 0.15) is 11.4 Å². The summed E-state index contributed by atoms with van der Waals surface area (Å²) in [6.45, 7) is 5.07. The molecule has 9 nitrogen and oxygen atoms in total. The van der Waals surface area contributed by atoms with Gasteiger partial charge in [-0.3, -0.25) is 9.78 Å². The Morgan fingerprint density at radius 3 is 2.61 bits per heavy atom. The van der Waals surface area contributed by atoms with Gasteiger partial charge in [0.15, 0.2) is 5.82 Å². The molecule has 0 bridgehead atoms. The van der Waals surface area contributed by atoms with E-state index in [0.717, 1.165) is 29.3 Å². The highest BCUT2D eigenvalue weighted by Crippen LogP contribution is 2.38. The Morgan fingerprint density at radius 2 is 1.87 bits per heavy atom. The number of pyridine rings is 1. The molecule has 0 aliphatic rings.